The number of benzene rings is 2. The summed E-state index contributed by atoms with van der Waals surface area (Å²) < 4.78 is 11.0. The van der Waals surface area contributed by atoms with Crippen LogP contribution in [0.2, 0.25) is 0 Å². The Morgan fingerprint density at radius 1 is 1.12 bits per heavy atom. The molecule has 4 rings (SSSR count). The first-order valence-corrected chi connectivity index (χ1v) is 11.4. The van der Waals surface area contributed by atoms with E-state index in [4.69, 9.17) is 9.47 Å². The van der Waals surface area contributed by atoms with Crippen molar-refractivity contribution in [1.82, 2.24) is 9.97 Å². The second-order valence-corrected chi connectivity index (χ2v) is 8.52. The van der Waals surface area contributed by atoms with Gasteiger partial charge in [-0.1, -0.05) is 47.7 Å². The third kappa shape index (κ3) is 4.65. The highest BCUT2D eigenvalue weighted by Gasteiger charge is 2.31. The van der Waals surface area contributed by atoms with Crippen LogP contribution in [-0.4, -0.2) is 29.6 Å². The highest BCUT2D eigenvalue weighted by molar-refractivity contribution is 7.98. The average molecular weight is 452 g/mol. The molecular formula is C24H25N3O4S. The van der Waals surface area contributed by atoms with Gasteiger partial charge in [-0.3, -0.25) is 9.59 Å². The largest absolute Gasteiger partial charge is 0.493 e. The molecule has 3 aromatic rings. The first kappa shape index (κ1) is 22.0. The van der Waals surface area contributed by atoms with Crippen molar-refractivity contribution < 1.29 is 14.3 Å². The summed E-state index contributed by atoms with van der Waals surface area (Å²) in [6.07, 6.45) is 0.158. The molecule has 1 atom stereocenters. The number of ether oxygens (including phenoxy) is 2. The second-order valence-electron chi connectivity index (χ2n) is 7.56. The van der Waals surface area contributed by atoms with Crippen molar-refractivity contribution in [2.75, 3.05) is 19.0 Å². The number of hydrogen-bond donors (Lipinski definition) is 2. The van der Waals surface area contributed by atoms with Crippen LogP contribution in [0.5, 0.6) is 11.5 Å². The summed E-state index contributed by atoms with van der Waals surface area (Å²) in [5, 5.41) is 3.24. The number of thioether (sulfide) groups is 1. The Hall–Kier alpha value is -3.26. The molecule has 0 unspecified atom stereocenters. The fourth-order valence-corrected chi connectivity index (χ4v) is 4.53. The minimum Gasteiger partial charge on any atom is -0.493 e. The van der Waals surface area contributed by atoms with Crippen LogP contribution in [0.1, 0.15) is 41.5 Å². The number of aromatic nitrogens is 2. The summed E-state index contributed by atoms with van der Waals surface area (Å²) in [7, 11) is 1.57. The van der Waals surface area contributed by atoms with Gasteiger partial charge in [-0.15, -0.1) is 0 Å². The summed E-state index contributed by atoms with van der Waals surface area (Å²) in [5.74, 6) is 1.56. The number of amides is 1. The first-order chi connectivity index (χ1) is 15.5. The van der Waals surface area contributed by atoms with Crippen molar-refractivity contribution in [3.8, 4) is 11.5 Å². The Balaban J connectivity index is 1.65. The van der Waals surface area contributed by atoms with E-state index in [2.05, 4.69) is 39.6 Å². The normalized spacial score (nSPS) is 15.1. The first-order valence-electron chi connectivity index (χ1n) is 10.4. The number of hydrogen-bond acceptors (Lipinski definition) is 6. The minimum atomic E-state index is -0.420. The van der Waals surface area contributed by atoms with Gasteiger partial charge in [-0.05, 0) is 37.1 Å². The van der Waals surface area contributed by atoms with Gasteiger partial charge in [0.05, 0.1) is 19.3 Å². The molecule has 1 aliphatic heterocycles. The van der Waals surface area contributed by atoms with Gasteiger partial charge in [0, 0.05) is 18.1 Å². The number of rotatable bonds is 7. The van der Waals surface area contributed by atoms with Gasteiger partial charge >= 0.3 is 0 Å². The fraction of sp³-hybridized carbons (Fsp3) is 0.292. The van der Waals surface area contributed by atoms with Crippen LogP contribution < -0.4 is 20.3 Å². The van der Waals surface area contributed by atoms with E-state index in [1.54, 1.807) is 13.2 Å². The van der Waals surface area contributed by atoms with Crippen molar-refractivity contribution in [3.05, 3.63) is 75.1 Å². The van der Waals surface area contributed by atoms with E-state index in [9.17, 15) is 9.59 Å². The molecule has 0 spiro atoms. The van der Waals surface area contributed by atoms with E-state index < -0.39 is 5.92 Å². The second kappa shape index (κ2) is 9.48. The monoisotopic (exact) mass is 451 g/mol. The van der Waals surface area contributed by atoms with Crippen LogP contribution in [0.25, 0.3) is 0 Å². The highest BCUT2D eigenvalue weighted by atomic mass is 32.2. The van der Waals surface area contributed by atoms with Gasteiger partial charge in [0.1, 0.15) is 5.82 Å². The number of carbonyl (C=O) groups is 1. The molecule has 1 amide bonds. The topological polar surface area (TPSA) is 93.3 Å². The molecule has 0 fully saturated rings. The van der Waals surface area contributed by atoms with Crippen molar-refractivity contribution >= 4 is 23.5 Å². The summed E-state index contributed by atoms with van der Waals surface area (Å²) in [5.41, 5.74) is 3.33. The molecule has 7 nitrogen and oxygen atoms in total. The lowest BCUT2D eigenvalue weighted by atomic mass is 9.86. The average Bonchev–Trinajstić information content (AvgIpc) is 2.78. The molecule has 0 radical (unpaired) electrons. The van der Waals surface area contributed by atoms with Crippen LogP contribution in [0.15, 0.2) is 52.4 Å². The number of anilines is 1. The van der Waals surface area contributed by atoms with Crippen LogP contribution in [-0.2, 0) is 10.5 Å². The quantitative estimate of drug-likeness (QED) is 0.412. The van der Waals surface area contributed by atoms with Gasteiger partial charge < -0.3 is 19.8 Å². The van der Waals surface area contributed by atoms with Gasteiger partial charge in [-0.2, -0.15) is 0 Å². The number of methoxy groups -OCH3 is 1. The van der Waals surface area contributed by atoms with Crippen molar-refractivity contribution in [3.63, 3.8) is 0 Å². The van der Waals surface area contributed by atoms with E-state index in [0.29, 0.717) is 40.4 Å². The van der Waals surface area contributed by atoms with Crippen LogP contribution >= 0.6 is 11.8 Å². The Morgan fingerprint density at radius 3 is 2.62 bits per heavy atom. The van der Waals surface area contributed by atoms with Crippen LogP contribution in [0, 0.1) is 6.92 Å². The number of nitrogens with one attached hydrogen (secondary N) is 2. The SMILES string of the molecule is CCOc1cc([C@H]2CC(=O)Nc3nc(SCc4ccc(C)cc4)[nH]c(=O)c32)ccc1OC. The zero-order valence-corrected chi connectivity index (χ0v) is 19.0. The van der Waals surface area contributed by atoms with Crippen LogP contribution in [0.3, 0.4) is 0 Å². The smallest absolute Gasteiger partial charge is 0.257 e. The molecule has 2 heterocycles. The number of carbonyl (C=O) groups excluding carboxylic acids is 1. The number of nitrogens with zero attached hydrogens (tertiary/aromatic N) is 1. The molecule has 2 N–H and O–H groups in total. The summed E-state index contributed by atoms with van der Waals surface area (Å²) in [6.45, 7) is 4.41. The van der Waals surface area contributed by atoms with E-state index >= 15 is 0 Å². The molecule has 1 aromatic heterocycles. The standard InChI is InChI=1S/C24H25N3O4S/c1-4-31-19-11-16(9-10-18(19)30-3)17-12-20(28)25-22-21(17)23(29)27-24(26-22)32-13-15-7-5-14(2)6-8-15/h5-11,17H,4,12-13H2,1-3H3,(H2,25,26,27,28,29)/t17-/m1/s1. The molecule has 2 aromatic carbocycles. The number of aryl methyl sites for hydroxylation is 1. The van der Waals surface area contributed by atoms with Gasteiger partial charge in [0.2, 0.25) is 5.91 Å². The van der Waals surface area contributed by atoms with E-state index in [-0.39, 0.29) is 17.9 Å². The lowest BCUT2D eigenvalue weighted by Gasteiger charge is -2.25. The molecule has 8 heteroatoms. The summed E-state index contributed by atoms with van der Waals surface area (Å²) >= 11 is 1.42. The third-order valence-corrected chi connectivity index (χ3v) is 6.26. The molecule has 166 valence electrons. The predicted molar refractivity (Wildman–Crippen MR) is 125 cm³/mol. The van der Waals surface area contributed by atoms with E-state index in [1.165, 1.54) is 17.3 Å². The maximum Gasteiger partial charge on any atom is 0.257 e. The predicted octanol–water partition coefficient (Wildman–Crippen LogP) is 4.25. The Bertz CT molecular complexity index is 1190. The van der Waals surface area contributed by atoms with Crippen molar-refractivity contribution in [2.24, 2.45) is 0 Å². The molecular weight excluding hydrogens is 426 g/mol. The van der Waals surface area contributed by atoms with Gasteiger partial charge in [0.25, 0.3) is 5.56 Å². The van der Waals surface area contributed by atoms with Crippen molar-refractivity contribution in [1.29, 1.82) is 0 Å². The Morgan fingerprint density at radius 2 is 1.91 bits per heavy atom. The molecule has 0 bridgehead atoms. The van der Waals surface area contributed by atoms with E-state index in [0.717, 1.165) is 11.1 Å². The maximum atomic E-state index is 13.0. The molecule has 0 saturated heterocycles. The Labute approximate surface area is 190 Å². The lowest BCUT2D eigenvalue weighted by Crippen LogP contribution is -2.31. The number of H-pyrrole nitrogens is 1. The number of aromatic amines is 1. The molecule has 0 aliphatic carbocycles. The highest BCUT2D eigenvalue weighted by Crippen LogP contribution is 2.38. The van der Waals surface area contributed by atoms with Gasteiger partial charge in [0.15, 0.2) is 16.7 Å². The zero-order chi connectivity index (χ0) is 22.7. The summed E-state index contributed by atoms with van der Waals surface area (Å²) in [6, 6.07) is 13.7. The van der Waals surface area contributed by atoms with E-state index in [1.807, 2.05) is 26.0 Å². The molecule has 32 heavy (non-hydrogen) atoms. The molecule has 0 saturated carbocycles. The third-order valence-electron chi connectivity index (χ3n) is 5.32. The van der Waals surface area contributed by atoms with Crippen molar-refractivity contribution in [2.45, 2.75) is 37.1 Å². The Kier molecular flexibility index (Phi) is 6.50. The molecule has 1 aliphatic rings. The summed E-state index contributed by atoms with van der Waals surface area (Å²) in [4.78, 5) is 32.9. The van der Waals surface area contributed by atoms with Gasteiger partial charge in [-0.25, -0.2) is 4.98 Å². The fourth-order valence-electron chi connectivity index (χ4n) is 3.72. The van der Waals surface area contributed by atoms with Crippen LogP contribution in [0.4, 0.5) is 5.82 Å². The minimum absolute atomic E-state index is 0.158. The number of fused-ring (bicyclic) bond motifs is 1. The lowest BCUT2D eigenvalue weighted by molar-refractivity contribution is -0.116. The maximum absolute atomic E-state index is 13.0. The zero-order valence-electron chi connectivity index (χ0n) is 18.2.